The predicted octanol–water partition coefficient (Wildman–Crippen LogP) is 3.64. The van der Waals surface area contributed by atoms with Crippen LogP contribution in [0.4, 0.5) is 0 Å². The van der Waals surface area contributed by atoms with Gasteiger partial charge in [0.1, 0.15) is 11.5 Å². The largest absolute Gasteiger partial charge is 0.508 e. The van der Waals surface area contributed by atoms with Crippen LogP contribution in [-0.4, -0.2) is 63.2 Å². The first kappa shape index (κ1) is 26.6. The van der Waals surface area contributed by atoms with E-state index >= 15 is 0 Å². The molecule has 1 saturated heterocycles. The number of carbonyl (C=O) groups is 1. The van der Waals surface area contributed by atoms with E-state index in [9.17, 15) is 23.4 Å². The molecule has 0 bridgehead atoms. The van der Waals surface area contributed by atoms with Gasteiger partial charge in [0.15, 0.2) is 5.82 Å². The molecule has 10 nitrogen and oxygen atoms in total. The summed E-state index contributed by atoms with van der Waals surface area (Å²) in [6, 6.07) is 9.05. The summed E-state index contributed by atoms with van der Waals surface area (Å²) >= 11 is 0. The van der Waals surface area contributed by atoms with Crippen molar-refractivity contribution in [1.82, 2.24) is 24.4 Å². The van der Waals surface area contributed by atoms with Gasteiger partial charge in [0, 0.05) is 31.4 Å². The van der Waals surface area contributed by atoms with Crippen LogP contribution in [0.25, 0.3) is 17.1 Å². The average molecular weight is 528 g/mol. The number of hydrogen-bond acceptors (Lipinski definition) is 7. The number of rotatable bonds is 7. The molecule has 0 radical (unpaired) electrons. The highest BCUT2D eigenvalue weighted by Gasteiger charge is 2.29. The molecule has 2 heterocycles. The van der Waals surface area contributed by atoms with Gasteiger partial charge in [-0.2, -0.15) is 4.31 Å². The second-order valence-corrected chi connectivity index (χ2v) is 11.6. The summed E-state index contributed by atoms with van der Waals surface area (Å²) in [5.41, 5.74) is 1.33. The lowest BCUT2D eigenvalue weighted by Gasteiger charge is -2.29. The Bertz CT molecular complexity index is 1390. The number of aromatic hydroxyl groups is 2. The van der Waals surface area contributed by atoms with Gasteiger partial charge in [-0.25, -0.2) is 8.42 Å². The third-order valence-electron chi connectivity index (χ3n) is 6.69. The van der Waals surface area contributed by atoms with Gasteiger partial charge in [-0.05, 0) is 67.5 Å². The van der Waals surface area contributed by atoms with Gasteiger partial charge in [0.05, 0.1) is 10.5 Å². The van der Waals surface area contributed by atoms with E-state index in [1.54, 1.807) is 25.1 Å². The van der Waals surface area contributed by atoms with Crippen molar-refractivity contribution in [3.8, 4) is 28.6 Å². The minimum atomic E-state index is -3.65. The van der Waals surface area contributed by atoms with Gasteiger partial charge < -0.3 is 15.5 Å². The second-order valence-electron chi connectivity index (χ2n) is 9.71. The Hall–Kier alpha value is -3.44. The number of hydrogen-bond donors (Lipinski definition) is 3. The van der Waals surface area contributed by atoms with Crippen molar-refractivity contribution in [2.45, 2.75) is 51.3 Å². The second kappa shape index (κ2) is 10.5. The van der Waals surface area contributed by atoms with Crippen molar-refractivity contribution < 1.29 is 23.4 Å². The third kappa shape index (κ3) is 5.19. The molecule has 2 aromatic carbocycles. The molecule has 11 heteroatoms. The molecule has 0 aliphatic carbocycles. The van der Waals surface area contributed by atoms with Crippen LogP contribution in [0.5, 0.6) is 11.5 Å². The predicted molar refractivity (Wildman–Crippen MR) is 139 cm³/mol. The van der Waals surface area contributed by atoms with Crippen LogP contribution >= 0.6 is 0 Å². The topological polar surface area (TPSA) is 138 Å². The molecule has 3 N–H and O–H groups in total. The molecule has 0 unspecified atom stereocenters. The van der Waals surface area contributed by atoms with Crippen molar-refractivity contribution in [2.24, 2.45) is 5.92 Å². The minimum Gasteiger partial charge on any atom is -0.508 e. The van der Waals surface area contributed by atoms with E-state index in [2.05, 4.69) is 22.4 Å². The minimum absolute atomic E-state index is 0.0175. The van der Waals surface area contributed by atoms with Gasteiger partial charge in [0.2, 0.25) is 15.8 Å². The van der Waals surface area contributed by atoms with Crippen LogP contribution in [0.2, 0.25) is 0 Å². The molecule has 1 aliphatic rings. The SMILES string of the molecule is CCNC(=O)c1nnc(-c2cc(C(C)C)c(O)cc2O)n1-c1ccc(S(=O)(=O)N2CCC(C)CC2)cc1. The quantitative estimate of drug-likeness (QED) is 0.426. The average Bonchev–Trinajstić information content (AvgIpc) is 3.29. The molecule has 4 rings (SSSR count). The highest BCUT2D eigenvalue weighted by molar-refractivity contribution is 7.89. The fourth-order valence-electron chi connectivity index (χ4n) is 4.47. The zero-order valence-corrected chi connectivity index (χ0v) is 22.3. The first-order valence-corrected chi connectivity index (χ1v) is 13.9. The molecule has 37 heavy (non-hydrogen) atoms. The van der Waals surface area contributed by atoms with Crippen LogP contribution in [0.15, 0.2) is 41.3 Å². The molecule has 1 fully saturated rings. The van der Waals surface area contributed by atoms with E-state index in [1.807, 2.05) is 13.8 Å². The van der Waals surface area contributed by atoms with E-state index in [-0.39, 0.29) is 39.5 Å². The van der Waals surface area contributed by atoms with E-state index in [0.717, 1.165) is 12.8 Å². The lowest BCUT2D eigenvalue weighted by molar-refractivity contribution is 0.0943. The number of phenols is 2. The highest BCUT2D eigenvalue weighted by Crippen LogP contribution is 2.38. The van der Waals surface area contributed by atoms with Crippen molar-refractivity contribution in [2.75, 3.05) is 19.6 Å². The lowest BCUT2D eigenvalue weighted by Crippen LogP contribution is -2.37. The highest BCUT2D eigenvalue weighted by atomic mass is 32.2. The van der Waals surface area contributed by atoms with E-state index in [1.165, 1.54) is 27.1 Å². The summed E-state index contributed by atoms with van der Waals surface area (Å²) in [7, 11) is -3.65. The van der Waals surface area contributed by atoms with Crippen LogP contribution in [-0.2, 0) is 10.0 Å². The summed E-state index contributed by atoms with van der Waals surface area (Å²) in [6.07, 6.45) is 1.65. The van der Waals surface area contributed by atoms with Gasteiger partial charge in [-0.1, -0.05) is 20.8 Å². The van der Waals surface area contributed by atoms with E-state index in [0.29, 0.717) is 36.8 Å². The maximum Gasteiger partial charge on any atom is 0.289 e. The van der Waals surface area contributed by atoms with Crippen LogP contribution < -0.4 is 5.32 Å². The Kier molecular flexibility index (Phi) is 7.56. The van der Waals surface area contributed by atoms with Crippen LogP contribution in [0.1, 0.15) is 62.6 Å². The van der Waals surface area contributed by atoms with Crippen LogP contribution in [0.3, 0.4) is 0 Å². The summed E-state index contributed by atoms with van der Waals surface area (Å²) in [6.45, 7) is 9.06. The molecular formula is C26H33N5O5S. The van der Waals surface area contributed by atoms with E-state index < -0.39 is 15.9 Å². The molecule has 0 spiro atoms. The van der Waals surface area contributed by atoms with Gasteiger partial charge in [-0.3, -0.25) is 9.36 Å². The van der Waals surface area contributed by atoms with Gasteiger partial charge >= 0.3 is 0 Å². The molecule has 0 saturated carbocycles. The van der Waals surface area contributed by atoms with Crippen molar-refractivity contribution in [1.29, 1.82) is 0 Å². The first-order valence-electron chi connectivity index (χ1n) is 12.4. The number of phenolic OH excluding ortho intramolecular Hbond substituents is 2. The smallest absolute Gasteiger partial charge is 0.289 e. The maximum absolute atomic E-state index is 13.2. The fraction of sp³-hybridized carbons (Fsp3) is 0.423. The Balaban J connectivity index is 1.80. The number of benzene rings is 2. The van der Waals surface area contributed by atoms with Crippen molar-refractivity contribution in [3.63, 3.8) is 0 Å². The maximum atomic E-state index is 13.2. The first-order chi connectivity index (χ1) is 17.5. The molecule has 0 atom stereocenters. The normalized spacial score (nSPS) is 15.3. The number of piperidine rings is 1. The third-order valence-corrected chi connectivity index (χ3v) is 8.60. The van der Waals surface area contributed by atoms with Gasteiger partial charge in [-0.15, -0.1) is 10.2 Å². The standard InChI is InChI=1S/C26H33N5O5S/c1-5-27-26(34)25-29-28-24(21-14-20(16(2)3)22(32)15-23(21)33)31(25)18-6-8-19(9-7-18)37(35,36)30-12-10-17(4)11-13-30/h6-9,14-17,32-33H,5,10-13H2,1-4H3,(H,27,34). The number of nitrogens with one attached hydrogen (secondary N) is 1. The van der Waals surface area contributed by atoms with Gasteiger partial charge in [0.25, 0.3) is 5.91 Å². The molecular weight excluding hydrogens is 494 g/mol. The summed E-state index contributed by atoms with van der Waals surface area (Å²) in [4.78, 5) is 13.0. The molecule has 1 aliphatic heterocycles. The monoisotopic (exact) mass is 527 g/mol. The molecule has 1 aromatic heterocycles. The summed E-state index contributed by atoms with van der Waals surface area (Å²) in [5, 5.41) is 31.9. The number of sulfonamides is 1. The Labute approximate surface area is 217 Å². The Morgan fingerprint density at radius 3 is 2.32 bits per heavy atom. The molecule has 198 valence electrons. The number of nitrogens with zero attached hydrogens (tertiary/aromatic N) is 4. The van der Waals surface area contributed by atoms with Crippen molar-refractivity contribution >= 4 is 15.9 Å². The number of aromatic nitrogens is 3. The van der Waals surface area contributed by atoms with Crippen molar-refractivity contribution in [3.05, 3.63) is 47.8 Å². The molecule has 1 amide bonds. The summed E-state index contributed by atoms with van der Waals surface area (Å²) < 4.78 is 29.4. The van der Waals surface area contributed by atoms with Crippen LogP contribution in [0, 0.1) is 5.92 Å². The lowest BCUT2D eigenvalue weighted by atomic mass is 9.98. The zero-order chi connectivity index (χ0) is 26.9. The fourth-order valence-corrected chi connectivity index (χ4v) is 5.94. The molecule has 3 aromatic rings. The Morgan fingerprint density at radius 2 is 1.73 bits per heavy atom. The summed E-state index contributed by atoms with van der Waals surface area (Å²) in [5.74, 6) is -0.119. The zero-order valence-electron chi connectivity index (χ0n) is 21.5. The number of amides is 1. The van der Waals surface area contributed by atoms with E-state index in [4.69, 9.17) is 0 Å². The Morgan fingerprint density at radius 1 is 1.08 bits per heavy atom. The number of carbonyl (C=O) groups excluding carboxylic acids is 1.